The molecule has 2 heterocycles. The molecular formula is C23H34N6O3. The monoisotopic (exact) mass is 442 g/mol. The predicted molar refractivity (Wildman–Crippen MR) is 126 cm³/mol. The minimum atomic E-state index is -0.234. The lowest BCUT2D eigenvalue weighted by Crippen LogP contribution is -2.55. The van der Waals surface area contributed by atoms with E-state index in [0.717, 1.165) is 23.8 Å². The number of methoxy groups -OCH3 is 2. The molecule has 3 rings (SSSR count). The molecule has 1 aromatic heterocycles. The van der Waals surface area contributed by atoms with Gasteiger partial charge >= 0.3 is 0 Å². The number of nitrogens with zero attached hydrogens (tertiary/aromatic N) is 5. The van der Waals surface area contributed by atoms with Crippen molar-refractivity contribution in [3.8, 4) is 11.5 Å². The molecule has 1 aliphatic rings. The summed E-state index contributed by atoms with van der Waals surface area (Å²) in [4.78, 5) is 21.5. The van der Waals surface area contributed by atoms with Crippen LogP contribution in [-0.4, -0.2) is 73.5 Å². The van der Waals surface area contributed by atoms with Gasteiger partial charge in [-0.3, -0.25) is 14.5 Å². The van der Waals surface area contributed by atoms with E-state index in [9.17, 15) is 4.79 Å². The number of carbonyl (C=O) groups is 1. The van der Waals surface area contributed by atoms with E-state index in [-0.39, 0.29) is 17.9 Å². The molecule has 1 fully saturated rings. The lowest BCUT2D eigenvalue weighted by molar-refractivity contribution is -0.120. The van der Waals surface area contributed by atoms with E-state index in [2.05, 4.69) is 24.3 Å². The third-order valence-corrected chi connectivity index (χ3v) is 5.65. The van der Waals surface area contributed by atoms with Gasteiger partial charge in [-0.05, 0) is 24.6 Å². The van der Waals surface area contributed by atoms with E-state index in [0.29, 0.717) is 31.1 Å². The van der Waals surface area contributed by atoms with Gasteiger partial charge in [0.1, 0.15) is 6.54 Å². The van der Waals surface area contributed by atoms with E-state index < -0.39 is 0 Å². The highest BCUT2D eigenvalue weighted by molar-refractivity contribution is 5.98. The second kappa shape index (κ2) is 9.93. The highest BCUT2D eigenvalue weighted by atomic mass is 16.5. The van der Waals surface area contributed by atoms with Crippen LogP contribution >= 0.6 is 0 Å². The van der Waals surface area contributed by atoms with Crippen LogP contribution in [0.5, 0.6) is 11.5 Å². The van der Waals surface area contributed by atoms with Crippen molar-refractivity contribution < 1.29 is 14.3 Å². The summed E-state index contributed by atoms with van der Waals surface area (Å²) in [5, 5.41) is 7.52. The number of piperazine rings is 1. The molecule has 0 unspecified atom stereocenters. The molecule has 9 heteroatoms. The molecule has 32 heavy (non-hydrogen) atoms. The van der Waals surface area contributed by atoms with Crippen LogP contribution in [0.4, 0.5) is 5.69 Å². The summed E-state index contributed by atoms with van der Waals surface area (Å²) in [6.45, 7) is 9.17. The molecule has 1 amide bonds. The van der Waals surface area contributed by atoms with Crippen molar-refractivity contribution >= 4 is 17.6 Å². The second-order valence-corrected chi connectivity index (χ2v) is 8.46. The third-order valence-electron chi connectivity index (χ3n) is 5.65. The number of aryl methyl sites for hydroxylation is 1. The summed E-state index contributed by atoms with van der Waals surface area (Å²) in [6, 6.07) is 5.96. The van der Waals surface area contributed by atoms with E-state index in [1.165, 1.54) is 0 Å². The van der Waals surface area contributed by atoms with Gasteiger partial charge in [0.05, 0.1) is 32.6 Å². The quantitative estimate of drug-likeness (QED) is 0.522. The summed E-state index contributed by atoms with van der Waals surface area (Å²) >= 11 is 0. The van der Waals surface area contributed by atoms with Gasteiger partial charge in [-0.25, -0.2) is 0 Å². The smallest absolute Gasteiger partial charge is 0.246 e. The number of carbonyl (C=O) groups excluding carboxylic acids is 1. The Hall–Kier alpha value is -3.23. The van der Waals surface area contributed by atoms with Crippen LogP contribution in [0.1, 0.15) is 26.3 Å². The number of ether oxygens (including phenoxy) is 2. The molecule has 0 radical (unpaired) electrons. The van der Waals surface area contributed by atoms with Crippen molar-refractivity contribution in [3.05, 3.63) is 36.2 Å². The number of benzene rings is 1. The first-order chi connectivity index (χ1) is 15.3. The lowest BCUT2D eigenvalue weighted by Gasteiger charge is -2.36. The minimum absolute atomic E-state index is 0.0361. The molecule has 174 valence electrons. The molecule has 0 bridgehead atoms. The number of guanidine groups is 1. The zero-order chi connectivity index (χ0) is 23.3. The van der Waals surface area contributed by atoms with Gasteiger partial charge in [-0.2, -0.15) is 5.10 Å². The van der Waals surface area contributed by atoms with Crippen molar-refractivity contribution in [2.75, 3.05) is 51.8 Å². The van der Waals surface area contributed by atoms with Gasteiger partial charge in [0, 0.05) is 38.3 Å². The van der Waals surface area contributed by atoms with E-state index in [4.69, 9.17) is 14.5 Å². The Bertz CT molecular complexity index is 968. The molecule has 9 nitrogen and oxygen atoms in total. The van der Waals surface area contributed by atoms with Gasteiger partial charge in [0.15, 0.2) is 17.5 Å². The summed E-state index contributed by atoms with van der Waals surface area (Å²) in [5.74, 6) is 2.19. The zero-order valence-electron chi connectivity index (χ0n) is 19.9. The summed E-state index contributed by atoms with van der Waals surface area (Å²) in [7, 11) is 5.11. The van der Waals surface area contributed by atoms with Crippen LogP contribution < -0.4 is 19.7 Å². The average Bonchev–Trinajstić information content (AvgIpc) is 3.21. The number of aromatic nitrogens is 2. The Kier molecular flexibility index (Phi) is 7.27. The van der Waals surface area contributed by atoms with Crippen molar-refractivity contribution in [2.45, 2.75) is 26.2 Å². The third kappa shape index (κ3) is 5.15. The molecule has 0 spiro atoms. The molecule has 1 aromatic carbocycles. The van der Waals surface area contributed by atoms with Gasteiger partial charge in [0.25, 0.3) is 0 Å². The van der Waals surface area contributed by atoms with Crippen molar-refractivity contribution in [1.29, 1.82) is 0 Å². The maximum atomic E-state index is 12.8. The van der Waals surface area contributed by atoms with Gasteiger partial charge in [-0.1, -0.05) is 19.9 Å². The molecule has 1 N–H and O–H groups in total. The Morgan fingerprint density at radius 1 is 1.22 bits per heavy atom. The topological polar surface area (TPSA) is 84.2 Å². The largest absolute Gasteiger partial charge is 0.493 e. The normalized spacial score (nSPS) is 15.2. The lowest BCUT2D eigenvalue weighted by atomic mass is 9.84. The van der Waals surface area contributed by atoms with Gasteiger partial charge in [0.2, 0.25) is 5.91 Å². The number of amides is 1. The molecule has 0 aliphatic carbocycles. The molecule has 0 atom stereocenters. The minimum Gasteiger partial charge on any atom is -0.493 e. The number of hydrogen-bond donors (Lipinski definition) is 1. The van der Waals surface area contributed by atoms with E-state index >= 15 is 0 Å². The van der Waals surface area contributed by atoms with Crippen LogP contribution in [0, 0.1) is 0 Å². The second-order valence-electron chi connectivity index (χ2n) is 8.46. The number of aliphatic imine (C=N–C) groups is 1. The highest BCUT2D eigenvalue weighted by Gasteiger charge is 2.29. The van der Waals surface area contributed by atoms with Crippen LogP contribution in [0.2, 0.25) is 0 Å². The highest BCUT2D eigenvalue weighted by Crippen LogP contribution is 2.33. The van der Waals surface area contributed by atoms with Crippen LogP contribution in [0.25, 0.3) is 0 Å². The van der Waals surface area contributed by atoms with Crippen LogP contribution in [0.15, 0.2) is 35.6 Å². The molecule has 0 saturated carbocycles. The Labute approximate surface area is 190 Å². The Balaban J connectivity index is 1.74. The van der Waals surface area contributed by atoms with E-state index in [1.807, 2.05) is 43.3 Å². The first kappa shape index (κ1) is 23.4. The van der Waals surface area contributed by atoms with Crippen LogP contribution in [0.3, 0.4) is 0 Å². The first-order valence-corrected chi connectivity index (χ1v) is 10.8. The fourth-order valence-electron chi connectivity index (χ4n) is 3.72. The van der Waals surface area contributed by atoms with Crippen molar-refractivity contribution in [1.82, 2.24) is 20.0 Å². The first-order valence-electron chi connectivity index (χ1n) is 10.8. The van der Waals surface area contributed by atoms with E-state index in [1.54, 1.807) is 30.0 Å². The molecular weight excluding hydrogens is 408 g/mol. The Morgan fingerprint density at radius 2 is 1.97 bits per heavy atom. The van der Waals surface area contributed by atoms with Crippen molar-refractivity contribution in [2.24, 2.45) is 12.0 Å². The molecule has 1 aliphatic heterocycles. The number of hydrogen-bond acceptors (Lipinski definition) is 5. The number of rotatable bonds is 7. The Morgan fingerprint density at radius 3 is 2.56 bits per heavy atom. The maximum Gasteiger partial charge on any atom is 0.246 e. The van der Waals surface area contributed by atoms with Crippen molar-refractivity contribution in [3.63, 3.8) is 0 Å². The molecule has 1 saturated heterocycles. The molecule has 2 aromatic rings. The maximum absolute atomic E-state index is 12.8. The zero-order valence-corrected chi connectivity index (χ0v) is 19.9. The fraction of sp³-hybridized carbons (Fsp3) is 0.522. The summed E-state index contributed by atoms with van der Waals surface area (Å²) in [6.07, 6.45) is 3.58. The van der Waals surface area contributed by atoms with Crippen LogP contribution in [-0.2, 0) is 17.3 Å². The average molecular weight is 443 g/mol. The van der Waals surface area contributed by atoms with Gasteiger partial charge < -0.3 is 24.6 Å². The van der Waals surface area contributed by atoms with Gasteiger partial charge in [-0.15, -0.1) is 0 Å². The fourth-order valence-corrected chi connectivity index (χ4v) is 3.72. The summed E-state index contributed by atoms with van der Waals surface area (Å²) in [5.41, 5.74) is 1.70. The number of nitrogens with one attached hydrogen (secondary N) is 1. The predicted octanol–water partition coefficient (Wildman–Crippen LogP) is 2.03. The standard InChI is InChI=1S/C23H34N6O3/c1-7-24-22(28-10-11-29(21(30)15-28)18-13-26-27(4)14-18)25-16-23(2,3)17-8-9-19(31-5)20(12-17)32-6/h8-9,12-14H,7,10-11,15-16H2,1-6H3,(H,24,25). The summed E-state index contributed by atoms with van der Waals surface area (Å²) < 4.78 is 12.5. The SMILES string of the molecule is CCNC(=NCC(C)(C)c1ccc(OC)c(OC)c1)N1CCN(c2cnn(C)c2)C(=O)C1. The number of anilines is 1.